The standard InChI is InChI=1S/C18H26N4O8S/c1-31(28,29)22-17(25)15(20-12-23)11-13-6-8-14(9-7-13)30-18(26)19-10-4-2-3-5-16(24)21-27/h6-9,12,15,27H,2-5,10-11H2,1H3,(H,19,26)(H,20,23)(H,21,24)(H,22,25). The molecular weight excluding hydrogens is 432 g/mol. The van der Waals surface area contributed by atoms with E-state index in [1.807, 2.05) is 0 Å². The SMILES string of the molecule is CS(=O)(=O)NC(=O)C(Cc1ccc(OC(=O)NCCCCCC(=O)NO)cc1)NC=O. The first-order valence-electron chi connectivity index (χ1n) is 9.33. The molecule has 5 N–H and O–H groups in total. The Morgan fingerprint density at radius 1 is 1.13 bits per heavy atom. The Hall–Kier alpha value is -3.19. The summed E-state index contributed by atoms with van der Waals surface area (Å²) >= 11 is 0. The molecule has 0 aliphatic carbocycles. The van der Waals surface area contributed by atoms with Gasteiger partial charge in [-0.3, -0.25) is 24.3 Å². The van der Waals surface area contributed by atoms with E-state index >= 15 is 0 Å². The van der Waals surface area contributed by atoms with Crippen molar-refractivity contribution in [1.82, 2.24) is 20.8 Å². The van der Waals surface area contributed by atoms with Gasteiger partial charge >= 0.3 is 6.09 Å². The molecule has 0 fully saturated rings. The highest BCUT2D eigenvalue weighted by molar-refractivity contribution is 7.89. The van der Waals surface area contributed by atoms with Crippen LogP contribution in [0.3, 0.4) is 0 Å². The van der Waals surface area contributed by atoms with Crippen LogP contribution in [0.2, 0.25) is 0 Å². The molecule has 1 atom stereocenters. The smallest absolute Gasteiger partial charge is 0.410 e. The number of hydrogen-bond donors (Lipinski definition) is 5. The zero-order valence-corrected chi connectivity index (χ0v) is 17.7. The number of amides is 4. The summed E-state index contributed by atoms with van der Waals surface area (Å²) in [5.74, 6) is -1.08. The molecule has 0 bridgehead atoms. The molecule has 0 radical (unpaired) electrons. The highest BCUT2D eigenvalue weighted by atomic mass is 32.2. The van der Waals surface area contributed by atoms with Crippen molar-refractivity contribution in [2.75, 3.05) is 12.8 Å². The van der Waals surface area contributed by atoms with Crippen molar-refractivity contribution in [3.63, 3.8) is 0 Å². The minimum absolute atomic E-state index is 0.0286. The van der Waals surface area contributed by atoms with Gasteiger partial charge in [-0.15, -0.1) is 0 Å². The fourth-order valence-electron chi connectivity index (χ4n) is 2.47. The predicted octanol–water partition coefficient (Wildman–Crippen LogP) is -0.426. The minimum Gasteiger partial charge on any atom is -0.410 e. The maximum atomic E-state index is 12.0. The van der Waals surface area contributed by atoms with Crippen LogP contribution in [0, 0.1) is 0 Å². The molecule has 0 spiro atoms. The largest absolute Gasteiger partial charge is 0.412 e. The van der Waals surface area contributed by atoms with Crippen LogP contribution in [-0.2, 0) is 30.8 Å². The van der Waals surface area contributed by atoms with Gasteiger partial charge < -0.3 is 15.4 Å². The molecule has 1 rings (SSSR count). The molecule has 0 saturated carbocycles. The predicted molar refractivity (Wildman–Crippen MR) is 109 cm³/mol. The van der Waals surface area contributed by atoms with Gasteiger partial charge in [0.2, 0.25) is 22.3 Å². The van der Waals surface area contributed by atoms with Gasteiger partial charge in [-0.05, 0) is 30.5 Å². The molecule has 4 amide bonds. The topological polar surface area (TPSA) is 180 Å². The van der Waals surface area contributed by atoms with Crippen LogP contribution < -0.4 is 25.6 Å². The van der Waals surface area contributed by atoms with Crippen LogP contribution in [0.5, 0.6) is 5.75 Å². The van der Waals surface area contributed by atoms with Crippen LogP contribution in [0.1, 0.15) is 31.2 Å². The molecule has 13 heteroatoms. The van der Waals surface area contributed by atoms with Crippen molar-refractivity contribution >= 4 is 34.3 Å². The van der Waals surface area contributed by atoms with E-state index in [2.05, 4.69) is 10.6 Å². The fourth-order valence-corrected chi connectivity index (χ4v) is 2.98. The Morgan fingerprint density at radius 3 is 2.39 bits per heavy atom. The average molecular weight is 458 g/mol. The first-order valence-corrected chi connectivity index (χ1v) is 11.2. The van der Waals surface area contributed by atoms with Gasteiger partial charge in [0.25, 0.3) is 5.91 Å². The normalized spacial score (nSPS) is 11.7. The van der Waals surface area contributed by atoms with E-state index in [4.69, 9.17) is 9.94 Å². The molecule has 0 aliphatic rings. The van der Waals surface area contributed by atoms with Gasteiger partial charge in [0.15, 0.2) is 0 Å². The van der Waals surface area contributed by atoms with Crippen molar-refractivity contribution in [2.45, 2.75) is 38.1 Å². The third kappa shape index (κ3) is 11.5. The lowest BCUT2D eigenvalue weighted by Crippen LogP contribution is -2.46. The summed E-state index contributed by atoms with van der Waals surface area (Å²) in [6.45, 7) is 0.353. The number of carbonyl (C=O) groups excluding carboxylic acids is 4. The second-order valence-corrected chi connectivity index (χ2v) is 8.33. The summed E-state index contributed by atoms with van der Waals surface area (Å²) in [7, 11) is -3.77. The zero-order chi connectivity index (χ0) is 23.3. The quantitative estimate of drug-likeness (QED) is 0.114. The number of hydroxylamine groups is 1. The summed E-state index contributed by atoms with van der Waals surface area (Å²) in [4.78, 5) is 45.3. The van der Waals surface area contributed by atoms with E-state index in [0.29, 0.717) is 37.8 Å². The highest BCUT2D eigenvalue weighted by Crippen LogP contribution is 2.14. The number of sulfonamides is 1. The number of hydrogen-bond acceptors (Lipinski definition) is 8. The Morgan fingerprint density at radius 2 is 1.81 bits per heavy atom. The van der Waals surface area contributed by atoms with E-state index in [1.54, 1.807) is 22.3 Å². The maximum Gasteiger partial charge on any atom is 0.412 e. The molecule has 1 aromatic carbocycles. The van der Waals surface area contributed by atoms with Crippen molar-refractivity contribution in [2.24, 2.45) is 0 Å². The van der Waals surface area contributed by atoms with Gasteiger partial charge in [0.05, 0.1) is 6.26 Å². The number of unbranched alkanes of at least 4 members (excludes halogenated alkanes) is 2. The zero-order valence-electron chi connectivity index (χ0n) is 16.9. The number of benzene rings is 1. The van der Waals surface area contributed by atoms with E-state index in [1.165, 1.54) is 12.1 Å². The lowest BCUT2D eigenvalue weighted by Gasteiger charge is -2.15. The van der Waals surface area contributed by atoms with Crippen molar-refractivity contribution < 1.29 is 37.5 Å². The number of carbonyl (C=O) groups is 4. The lowest BCUT2D eigenvalue weighted by molar-refractivity contribution is -0.129. The first-order chi connectivity index (χ1) is 14.6. The van der Waals surface area contributed by atoms with Crippen LogP contribution >= 0.6 is 0 Å². The summed E-state index contributed by atoms with van der Waals surface area (Å²) in [6, 6.07) is 5.04. The second kappa shape index (κ2) is 13.2. The molecular formula is C18H26N4O8S. The molecule has 0 heterocycles. The van der Waals surface area contributed by atoms with Crippen LogP contribution in [-0.4, -0.2) is 56.8 Å². The van der Waals surface area contributed by atoms with E-state index < -0.39 is 34.0 Å². The molecule has 172 valence electrons. The summed E-state index contributed by atoms with van der Waals surface area (Å²) < 4.78 is 29.3. The molecule has 31 heavy (non-hydrogen) atoms. The molecule has 1 aromatic rings. The van der Waals surface area contributed by atoms with Crippen molar-refractivity contribution in [1.29, 1.82) is 0 Å². The summed E-state index contributed by atoms with van der Waals surface area (Å²) in [5, 5.41) is 13.2. The van der Waals surface area contributed by atoms with Crippen LogP contribution in [0.4, 0.5) is 4.79 Å². The number of ether oxygens (including phenoxy) is 1. The molecule has 0 saturated heterocycles. The fraction of sp³-hybridized carbons (Fsp3) is 0.444. The highest BCUT2D eigenvalue weighted by Gasteiger charge is 2.21. The Kier molecular flexibility index (Phi) is 11.0. The van der Waals surface area contributed by atoms with Crippen molar-refractivity contribution in [3.8, 4) is 5.75 Å². The molecule has 0 aromatic heterocycles. The average Bonchev–Trinajstić information content (AvgIpc) is 2.70. The summed E-state index contributed by atoms with van der Waals surface area (Å²) in [6.07, 6.45) is 2.60. The van der Waals surface area contributed by atoms with Crippen LogP contribution in [0.25, 0.3) is 0 Å². The van der Waals surface area contributed by atoms with E-state index in [-0.39, 0.29) is 18.6 Å². The Labute approximate surface area is 179 Å². The third-order valence-corrected chi connectivity index (χ3v) is 4.49. The Balaban J connectivity index is 2.45. The van der Waals surface area contributed by atoms with Gasteiger partial charge in [0.1, 0.15) is 11.8 Å². The molecule has 1 unspecified atom stereocenters. The maximum absolute atomic E-state index is 12.0. The lowest BCUT2D eigenvalue weighted by atomic mass is 10.1. The molecule has 0 aliphatic heterocycles. The van der Waals surface area contributed by atoms with Crippen molar-refractivity contribution in [3.05, 3.63) is 29.8 Å². The van der Waals surface area contributed by atoms with Gasteiger partial charge in [-0.1, -0.05) is 18.6 Å². The minimum atomic E-state index is -3.77. The van der Waals surface area contributed by atoms with E-state index in [9.17, 15) is 27.6 Å². The van der Waals surface area contributed by atoms with Crippen LogP contribution in [0.15, 0.2) is 24.3 Å². The van der Waals surface area contributed by atoms with Gasteiger partial charge in [-0.2, -0.15) is 0 Å². The first kappa shape index (κ1) is 25.8. The summed E-state index contributed by atoms with van der Waals surface area (Å²) in [5.41, 5.74) is 2.14. The molecule has 12 nitrogen and oxygen atoms in total. The monoisotopic (exact) mass is 458 g/mol. The van der Waals surface area contributed by atoms with Gasteiger partial charge in [-0.25, -0.2) is 18.7 Å². The van der Waals surface area contributed by atoms with E-state index in [0.717, 1.165) is 6.26 Å². The Bertz CT molecular complexity index is 858. The second-order valence-electron chi connectivity index (χ2n) is 6.59. The van der Waals surface area contributed by atoms with Gasteiger partial charge in [0, 0.05) is 19.4 Å². The third-order valence-electron chi connectivity index (χ3n) is 3.92. The number of rotatable bonds is 13. The number of nitrogens with one attached hydrogen (secondary N) is 4.